The minimum atomic E-state index is -0.206. The van der Waals surface area contributed by atoms with Crippen LogP contribution in [0.1, 0.15) is 34.8 Å². The highest BCUT2D eigenvalue weighted by atomic mass is 16.5. The maximum absolute atomic E-state index is 12.4. The molecule has 1 saturated carbocycles. The van der Waals surface area contributed by atoms with Crippen molar-refractivity contribution in [3.8, 4) is 17.2 Å². The van der Waals surface area contributed by atoms with Gasteiger partial charge in [-0.15, -0.1) is 0 Å². The Kier molecular flexibility index (Phi) is 4.31. The summed E-state index contributed by atoms with van der Waals surface area (Å²) >= 11 is 0. The van der Waals surface area contributed by atoms with E-state index in [1.54, 1.807) is 31.4 Å². The number of methoxy groups -OCH3 is 1. The second-order valence-electron chi connectivity index (χ2n) is 6.21. The lowest BCUT2D eigenvalue weighted by Crippen LogP contribution is -2.11. The lowest BCUT2D eigenvalue weighted by Gasteiger charge is -2.10. The zero-order chi connectivity index (χ0) is 17.9. The van der Waals surface area contributed by atoms with Crippen LogP contribution in [-0.2, 0) is 0 Å². The van der Waals surface area contributed by atoms with Crippen LogP contribution in [0.4, 0.5) is 5.82 Å². The molecule has 2 aromatic carbocycles. The van der Waals surface area contributed by atoms with Crippen LogP contribution in [0.15, 0.2) is 54.6 Å². The highest BCUT2D eigenvalue weighted by molar-refractivity contribution is 6.03. The third-order valence-electron chi connectivity index (χ3n) is 4.27. The number of benzene rings is 2. The molecule has 3 aromatic rings. The van der Waals surface area contributed by atoms with Crippen molar-refractivity contribution in [2.24, 2.45) is 0 Å². The Hall–Kier alpha value is -3.28. The van der Waals surface area contributed by atoms with Crippen LogP contribution in [0, 0.1) is 0 Å². The van der Waals surface area contributed by atoms with Gasteiger partial charge in [-0.3, -0.25) is 9.89 Å². The van der Waals surface area contributed by atoms with Gasteiger partial charge in [0, 0.05) is 23.2 Å². The molecule has 0 atom stereocenters. The zero-order valence-corrected chi connectivity index (χ0v) is 14.4. The van der Waals surface area contributed by atoms with Crippen LogP contribution in [-0.4, -0.2) is 23.2 Å². The summed E-state index contributed by atoms with van der Waals surface area (Å²) < 4.78 is 11.1. The van der Waals surface area contributed by atoms with Crippen LogP contribution < -0.4 is 14.8 Å². The molecule has 6 heteroatoms. The van der Waals surface area contributed by atoms with Gasteiger partial charge in [-0.05, 0) is 49.2 Å². The van der Waals surface area contributed by atoms with E-state index in [1.165, 1.54) is 12.8 Å². The Balaban J connectivity index is 1.42. The fourth-order valence-electron chi connectivity index (χ4n) is 2.70. The fourth-order valence-corrected chi connectivity index (χ4v) is 2.70. The van der Waals surface area contributed by atoms with Gasteiger partial charge in [0.15, 0.2) is 17.3 Å². The van der Waals surface area contributed by atoms with Gasteiger partial charge in [-0.1, -0.05) is 12.1 Å². The molecule has 1 fully saturated rings. The van der Waals surface area contributed by atoms with E-state index >= 15 is 0 Å². The van der Waals surface area contributed by atoms with Crippen molar-refractivity contribution in [1.29, 1.82) is 0 Å². The Bertz CT molecular complexity index is 914. The number of rotatable bonds is 6. The van der Waals surface area contributed by atoms with Gasteiger partial charge >= 0.3 is 0 Å². The van der Waals surface area contributed by atoms with E-state index in [0.29, 0.717) is 34.5 Å². The van der Waals surface area contributed by atoms with Crippen molar-refractivity contribution in [2.75, 3.05) is 12.4 Å². The van der Waals surface area contributed by atoms with Gasteiger partial charge in [-0.25, -0.2) is 0 Å². The van der Waals surface area contributed by atoms with Crippen LogP contribution >= 0.6 is 0 Å². The monoisotopic (exact) mass is 349 g/mol. The molecule has 6 nitrogen and oxygen atoms in total. The lowest BCUT2D eigenvalue weighted by molar-refractivity contribution is 0.102. The number of nitrogens with one attached hydrogen (secondary N) is 2. The molecule has 0 radical (unpaired) electrons. The first-order valence-electron chi connectivity index (χ1n) is 8.50. The van der Waals surface area contributed by atoms with E-state index in [-0.39, 0.29) is 5.91 Å². The number of H-pyrrole nitrogens is 1. The van der Waals surface area contributed by atoms with Crippen LogP contribution in [0.2, 0.25) is 0 Å². The maximum Gasteiger partial charge on any atom is 0.256 e. The summed E-state index contributed by atoms with van der Waals surface area (Å²) in [6.45, 7) is 0. The van der Waals surface area contributed by atoms with Crippen molar-refractivity contribution >= 4 is 11.7 Å². The Morgan fingerprint density at radius 3 is 2.54 bits per heavy atom. The highest BCUT2D eigenvalue weighted by Crippen LogP contribution is 2.39. The highest BCUT2D eigenvalue weighted by Gasteiger charge is 2.25. The summed E-state index contributed by atoms with van der Waals surface area (Å²) in [4.78, 5) is 12.4. The number of aromatic nitrogens is 2. The molecule has 0 unspecified atom stereocenters. The van der Waals surface area contributed by atoms with Crippen LogP contribution in [0.25, 0.3) is 0 Å². The molecule has 4 rings (SSSR count). The summed E-state index contributed by atoms with van der Waals surface area (Å²) in [5.74, 6) is 2.81. The number of carbonyl (C=O) groups is 1. The predicted octanol–water partition coefficient (Wildman–Crippen LogP) is 4.34. The van der Waals surface area contributed by atoms with Gasteiger partial charge in [0.25, 0.3) is 5.91 Å². The number of hydrogen-bond donors (Lipinski definition) is 2. The first-order valence-corrected chi connectivity index (χ1v) is 8.50. The van der Waals surface area contributed by atoms with Gasteiger partial charge < -0.3 is 14.8 Å². The Morgan fingerprint density at radius 2 is 1.85 bits per heavy atom. The summed E-state index contributed by atoms with van der Waals surface area (Å²) in [6, 6.07) is 16.2. The predicted molar refractivity (Wildman–Crippen MR) is 98.0 cm³/mol. The number of amides is 1. The van der Waals surface area contributed by atoms with Crippen molar-refractivity contribution in [1.82, 2.24) is 10.2 Å². The minimum Gasteiger partial charge on any atom is -0.493 e. The van der Waals surface area contributed by atoms with Gasteiger partial charge in [0.2, 0.25) is 0 Å². The quantitative estimate of drug-likeness (QED) is 0.694. The third-order valence-corrected chi connectivity index (χ3v) is 4.27. The second-order valence-corrected chi connectivity index (χ2v) is 6.21. The van der Waals surface area contributed by atoms with E-state index < -0.39 is 0 Å². The number of anilines is 1. The summed E-state index contributed by atoms with van der Waals surface area (Å²) in [7, 11) is 1.60. The molecule has 1 amide bonds. The normalized spacial score (nSPS) is 13.3. The van der Waals surface area contributed by atoms with Gasteiger partial charge in [-0.2, -0.15) is 5.10 Å². The SMILES string of the molecule is COc1ccccc1Oc1ccc(C(=O)Nc2cc(C3CC3)[nH]n2)cc1. The molecule has 1 aromatic heterocycles. The van der Waals surface area contributed by atoms with E-state index in [1.807, 2.05) is 30.3 Å². The molecular formula is C20H19N3O3. The number of para-hydroxylation sites is 2. The average Bonchev–Trinajstić information content (AvgIpc) is 3.42. The molecule has 2 N–H and O–H groups in total. The first kappa shape index (κ1) is 16.2. The number of ether oxygens (including phenoxy) is 2. The van der Waals surface area contributed by atoms with Crippen molar-refractivity contribution in [3.05, 3.63) is 65.9 Å². The first-order chi connectivity index (χ1) is 12.7. The second kappa shape index (κ2) is 6.92. The molecule has 132 valence electrons. The van der Waals surface area contributed by atoms with Crippen molar-refractivity contribution in [3.63, 3.8) is 0 Å². The molecule has 0 aliphatic heterocycles. The Morgan fingerprint density at radius 1 is 1.12 bits per heavy atom. The maximum atomic E-state index is 12.4. The number of carbonyl (C=O) groups excluding carboxylic acids is 1. The number of nitrogens with zero attached hydrogens (tertiary/aromatic N) is 1. The van der Waals surface area contributed by atoms with Gasteiger partial charge in [0.1, 0.15) is 5.75 Å². The molecule has 0 bridgehead atoms. The van der Waals surface area contributed by atoms with Crippen molar-refractivity contribution < 1.29 is 14.3 Å². The molecule has 1 aliphatic rings. The van der Waals surface area contributed by atoms with Gasteiger partial charge in [0.05, 0.1) is 7.11 Å². The number of hydrogen-bond acceptors (Lipinski definition) is 4. The van der Waals surface area contributed by atoms with E-state index in [4.69, 9.17) is 9.47 Å². The van der Waals surface area contributed by atoms with Crippen LogP contribution in [0.5, 0.6) is 17.2 Å². The molecule has 0 spiro atoms. The topological polar surface area (TPSA) is 76.2 Å². The molecule has 26 heavy (non-hydrogen) atoms. The summed E-state index contributed by atoms with van der Waals surface area (Å²) in [5, 5.41) is 9.92. The van der Waals surface area contributed by atoms with Crippen LogP contribution in [0.3, 0.4) is 0 Å². The smallest absolute Gasteiger partial charge is 0.256 e. The van der Waals surface area contributed by atoms with E-state index in [2.05, 4.69) is 15.5 Å². The third kappa shape index (κ3) is 3.54. The molecule has 1 aliphatic carbocycles. The molecular weight excluding hydrogens is 330 g/mol. The summed E-state index contributed by atoms with van der Waals surface area (Å²) in [6.07, 6.45) is 2.37. The number of aromatic amines is 1. The van der Waals surface area contributed by atoms with E-state index in [0.717, 1.165) is 5.69 Å². The fraction of sp³-hybridized carbons (Fsp3) is 0.200. The lowest BCUT2D eigenvalue weighted by atomic mass is 10.2. The standard InChI is InChI=1S/C20H19N3O3/c1-25-17-4-2-3-5-18(17)26-15-10-8-14(9-11-15)20(24)21-19-12-16(22-23-19)13-6-7-13/h2-5,8-13H,6-7H2,1H3,(H2,21,22,23,24). The summed E-state index contributed by atoms with van der Waals surface area (Å²) in [5.41, 5.74) is 1.62. The molecule has 0 saturated heterocycles. The zero-order valence-electron chi connectivity index (χ0n) is 14.4. The van der Waals surface area contributed by atoms with E-state index in [9.17, 15) is 4.79 Å². The Labute approximate surface area is 151 Å². The minimum absolute atomic E-state index is 0.206. The largest absolute Gasteiger partial charge is 0.493 e. The average molecular weight is 349 g/mol. The van der Waals surface area contributed by atoms with Crippen molar-refractivity contribution in [2.45, 2.75) is 18.8 Å². The molecule has 1 heterocycles.